The molecule has 0 bridgehead atoms. The van der Waals surface area contributed by atoms with Gasteiger partial charge in [-0.3, -0.25) is 0 Å². The maximum atomic E-state index is 13.1. The molecule has 30 heavy (non-hydrogen) atoms. The average molecular weight is 444 g/mol. The molecule has 1 aliphatic heterocycles. The number of hydrogen-bond donors (Lipinski definition) is 1. The molecule has 2 amide bonds. The van der Waals surface area contributed by atoms with E-state index in [1.54, 1.807) is 6.07 Å². The molecule has 156 valence electrons. The number of halogens is 2. The van der Waals surface area contributed by atoms with Crippen LogP contribution < -0.4 is 5.32 Å². The Hall–Kier alpha value is -2.57. The highest BCUT2D eigenvalue weighted by molar-refractivity contribution is 6.33. The van der Waals surface area contributed by atoms with E-state index in [-0.39, 0.29) is 12.1 Å². The van der Waals surface area contributed by atoms with Crippen LogP contribution in [0.3, 0.4) is 0 Å². The Morgan fingerprint density at radius 1 is 1.13 bits per heavy atom. The number of carbonyl (C=O) groups is 1. The van der Waals surface area contributed by atoms with Crippen LogP contribution in [0.15, 0.2) is 42.5 Å². The molecule has 6 nitrogen and oxygen atoms in total. The van der Waals surface area contributed by atoms with Gasteiger partial charge in [-0.2, -0.15) is 0 Å². The second-order valence-corrected chi connectivity index (χ2v) is 8.37. The maximum Gasteiger partial charge on any atom is 0.322 e. The molecule has 4 rings (SSSR count). The summed E-state index contributed by atoms with van der Waals surface area (Å²) < 4.78 is 2.07. The van der Waals surface area contributed by atoms with E-state index in [9.17, 15) is 4.79 Å². The van der Waals surface area contributed by atoms with Crippen LogP contribution in [0.2, 0.25) is 10.0 Å². The lowest BCUT2D eigenvalue weighted by atomic mass is 10.2. The Balaban J connectivity index is 1.58. The van der Waals surface area contributed by atoms with Crippen LogP contribution in [0.4, 0.5) is 10.5 Å². The minimum absolute atomic E-state index is 0.138. The van der Waals surface area contributed by atoms with Gasteiger partial charge in [0.1, 0.15) is 5.82 Å². The molecule has 1 N–H and O–H groups in total. The smallest absolute Gasteiger partial charge is 0.314 e. The van der Waals surface area contributed by atoms with E-state index >= 15 is 0 Å². The Labute approximate surface area is 185 Å². The third-order valence-electron chi connectivity index (χ3n) is 5.48. The molecule has 1 fully saturated rings. The average Bonchev–Trinajstić information content (AvgIpc) is 3.34. The van der Waals surface area contributed by atoms with Crippen LogP contribution in [0, 0.1) is 13.8 Å². The third kappa shape index (κ3) is 4.16. The molecule has 0 radical (unpaired) electrons. The lowest BCUT2D eigenvalue weighted by Gasteiger charge is -2.25. The van der Waals surface area contributed by atoms with Gasteiger partial charge in [-0.05, 0) is 56.0 Å². The number of rotatable bonds is 4. The first-order chi connectivity index (χ1) is 14.4. The fourth-order valence-corrected chi connectivity index (χ4v) is 4.25. The maximum absolute atomic E-state index is 13.1. The first-order valence-corrected chi connectivity index (χ1v) is 10.7. The number of carbonyl (C=O) groups excluding carboxylic acids is 1. The van der Waals surface area contributed by atoms with Crippen LogP contribution in [0.5, 0.6) is 0 Å². The van der Waals surface area contributed by atoms with Crippen molar-refractivity contribution in [3.8, 4) is 0 Å². The molecule has 2 heterocycles. The number of amides is 2. The largest absolute Gasteiger partial charge is 0.322 e. The van der Waals surface area contributed by atoms with Crippen molar-refractivity contribution in [3.63, 3.8) is 0 Å². The number of urea groups is 1. The third-order valence-corrected chi connectivity index (χ3v) is 6.05. The first-order valence-electron chi connectivity index (χ1n) is 9.91. The van der Waals surface area contributed by atoms with E-state index < -0.39 is 0 Å². The normalized spacial score (nSPS) is 16.1. The molecule has 0 unspecified atom stereocenters. The van der Waals surface area contributed by atoms with Crippen molar-refractivity contribution >= 4 is 34.9 Å². The predicted octanol–water partition coefficient (Wildman–Crippen LogP) is 5.62. The van der Waals surface area contributed by atoms with Gasteiger partial charge in [-0.15, -0.1) is 10.2 Å². The van der Waals surface area contributed by atoms with Crippen LogP contribution >= 0.6 is 23.2 Å². The van der Waals surface area contributed by atoms with Crippen molar-refractivity contribution in [1.82, 2.24) is 19.7 Å². The van der Waals surface area contributed by atoms with E-state index in [1.165, 1.54) is 0 Å². The summed E-state index contributed by atoms with van der Waals surface area (Å²) in [5.74, 6) is 1.61. The van der Waals surface area contributed by atoms with Crippen molar-refractivity contribution < 1.29 is 4.79 Å². The second-order valence-electron chi connectivity index (χ2n) is 7.53. The Morgan fingerprint density at radius 3 is 2.63 bits per heavy atom. The van der Waals surface area contributed by atoms with Gasteiger partial charge in [-0.1, -0.05) is 47.5 Å². The lowest BCUT2D eigenvalue weighted by molar-refractivity contribution is 0.204. The summed E-state index contributed by atoms with van der Waals surface area (Å²) in [4.78, 5) is 14.9. The van der Waals surface area contributed by atoms with Gasteiger partial charge in [0.15, 0.2) is 5.82 Å². The predicted molar refractivity (Wildman–Crippen MR) is 119 cm³/mol. The fraction of sp³-hybridized carbons (Fsp3) is 0.318. The van der Waals surface area contributed by atoms with Gasteiger partial charge in [0.25, 0.3) is 0 Å². The number of likely N-dealkylation sites (tertiary alicyclic amines) is 1. The van der Waals surface area contributed by atoms with E-state index in [0.29, 0.717) is 28.8 Å². The van der Waals surface area contributed by atoms with Crippen molar-refractivity contribution in [2.75, 3.05) is 11.9 Å². The Kier molecular flexibility index (Phi) is 5.97. The van der Waals surface area contributed by atoms with Crippen molar-refractivity contribution in [1.29, 1.82) is 0 Å². The number of nitrogens with one attached hydrogen (secondary N) is 1. The number of anilines is 1. The number of aryl methyl sites for hydroxylation is 2. The number of hydrogen-bond acceptors (Lipinski definition) is 3. The van der Waals surface area contributed by atoms with Crippen LogP contribution in [0.1, 0.15) is 41.7 Å². The van der Waals surface area contributed by atoms with Crippen molar-refractivity contribution in [2.45, 2.75) is 39.3 Å². The molecular weight excluding hydrogens is 421 g/mol. The molecule has 8 heteroatoms. The van der Waals surface area contributed by atoms with E-state index in [4.69, 9.17) is 23.2 Å². The highest BCUT2D eigenvalue weighted by Gasteiger charge is 2.34. The summed E-state index contributed by atoms with van der Waals surface area (Å²) in [7, 11) is 0. The zero-order chi connectivity index (χ0) is 21.3. The summed E-state index contributed by atoms with van der Waals surface area (Å²) in [6.07, 6.45) is 1.75. The summed E-state index contributed by atoms with van der Waals surface area (Å²) >= 11 is 12.3. The number of para-hydroxylation sites is 1. The molecule has 1 aromatic heterocycles. The van der Waals surface area contributed by atoms with Gasteiger partial charge < -0.3 is 14.8 Å². The highest BCUT2D eigenvalue weighted by Crippen LogP contribution is 2.33. The quantitative estimate of drug-likeness (QED) is 0.568. The molecule has 1 saturated heterocycles. The molecule has 0 saturated carbocycles. The zero-order valence-corrected chi connectivity index (χ0v) is 18.4. The summed E-state index contributed by atoms with van der Waals surface area (Å²) in [6, 6.07) is 13.0. The number of aromatic nitrogens is 3. The summed E-state index contributed by atoms with van der Waals surface area (Å²) in [5.41, 5.74) is 2.67. The van der Waals surface area contributed by atoms with Crippen LogP contribution in [0.25, 0.3) is 0 Å². The number of benzene rings is 2. The van der Waals surface area contributed by atoms with Gasteiger partial charge in [0.05, 0.1) is 23.3 Å². The van der Waals surface area contributed by atoms with Crippen molar-refractivity contribution in [3.05, 3.63) is 75.3 Å². The molecule has 1 aliphatic rings. The highest BCUT2D eigenvalue weighted by atomic mass is 35.5. The molecule has 0 aliphatic carbocycles. The van der Waals surface area contributed by atoms with Crippen LogP contribution in [-0.2, 0) is 6.54 Å². The monoisotopic (exact) mass is 443 g/mol. The lowest BCUT2D eigenvalue weighted by Crippen LogP contribution is -2.36. The molecule has 0 spiro atoms. The van der Waals surface area contributed by atoms with Gasteiger partial charge in [0, 0.05) is 11.6 Å². The van der Waals surface area contributed by atoms with Gasteiger partial charge in [0.2, 0.25) is 0 Å². The van der Waals surface area contributed by atoms with Gasteiger partial charge >= 0.3 is 6.03 Å². The minimum atomic E-state index is -0.174. The molecule has 2 aromatic carbocycles. The molecular formula is C22H23Cl2N5O. The van der Waals surface area contributed by atoms with E-state index in [1.807, 2.05) is 55.1 Å². The van der Waals surface area contributed by atoms with Crippen molar-refractivity contribution in [2.24, 2.45) is 0 Å². The van der Waals surface area contributed by atoms with Crippen LogP contribution in [-0.4, -0.2) is 32.2 Å². The summed E-state index contributed by atoms with van der Waals surface area (Å²) in [5, 5.41) is 12.9. The number of nitrogens with zero attached hydrogens (tertiary/aromatic N) is 4. The standard InChI is InChI=1S/C22H23Cl2N5O/c1-14-5-3-6-18(24)20(14)25-22(30)28-12-4-7-19(28)21-27-26-15(2)29(21)13-16-8-10-17(23)11-9-16/h3,5-6,8-11,19H,4,7,12-13H2,1-2H3,(H,25,30)/t19-/m1/s1. The van der Waals surface area contributed by atoms with E-state index in [0.717, 1.165) is 35.6 Å². The Morgan fingerprint density at radius 2 is 1.90 bits per heavy atom. The zero-order valence-electron chi connectivity index (χ0n) is 16.9. The SMILES string of the molecule is Cc1cccc(Cl)c1NC(=O)N1CCC[C@@H]1c1nnc(C)n1Cc1ccc(Cl)cc1. The van der Waals surface area contributed by atoms with E-state index in [2.05, 4.69) is 20.1 Å². The molecule has 1 atom stereocenters. The molecule has 3 aromatic rings. The summed E-state index contributed by atoms with van der Waals surface area (Å²) in [6.45, 7) is 5.14. The van der Waals surface area contributed by atoms with Gasteiger partial charge in [-0.25, -0.2) is 4.79 Å². The first kappa shape index (κ1) is 20.7. The topological polar surface area (TPSA) is 63.1 Å². The second kappa shape index (κ2) is 8.66. The minimum Gasteiger partial charge on any atom is -0.314 e. The fourth-order valence-electron chi connectivity index (χ4n) is 3.86. The Bertz CT molecular complexity index is 1040.